The molecule has 0 radical (unpaired) electrons. The summed E-state index contributed by atoms with van der Waals surface area (Å²) in [5, 5.41) is 0.494. The van der Waals surface area contributed by atoms with Crippen molar-refractivity contribution in [1.82, 2.24) is 4.90 Å². The van der Waals surface area contributed by atoms with E-state index in [1.54, 1.807) is 30.0 Å². The second-order valence-corrected chi connectivity index (χ2v) is 7.92. The lowest BCUT2D eigenvalue weighted by Crippen LogP contribution is -2.27. The zero-order valence-electron chi connectivity index (χ0n) is 17.0. The number of thioether (sulfide) groups is 1. The van der Waals surface area contributed by atoms with Gasteiger partial charge in [-0.2, -0.15) is 0 Å². The molecule has 7 nitrogen and oxygen atoms in total. The number of amides is 1. The monoisotopic (exact) mass is 439 g/mol. The first-order chi connectivity index (χ1) is 15.1. The maximum atomic E-state index is 12.7. The quantitative estimate of drug-likeness (QED) is 0.388. The van der Waals surface area contributed by atoms with Crippen molar-refractivity contribution in [3.8, 4) is 17.1 Å². The number of esters is 2. The van der Waals surface area contributed by atoms with Crippen LogP contribution in [0, 0.1) is 0 Å². The summed E-state index contributed by atoms with van der Waals surface area (Å²) in [6.45, 7) is 2.93. The van der Waals surface area contributed by atoms with Gasteiger partial charge >= 0.3 is 11.9 Å². The van der Waals surface area contributed by atoms with E-state index in [0.717, 1.165) is 11.3 Å². The van der Waals surface area contributed by atoms with Crippen LogP contribution in [0.2, 0.25) is 0 Å². The van der Waals surface area contributed by atoms with Gasteiger partial charge < -0.3 is 18.8 Å². The Bertz CT molecular complexity index is 1120. The van der Waals surface area contributed by atoms with Crippen LogP contribution >= 0.6 is 11.8 Å². The Morgan fingerprint density at radius 2 is 1.97 bits per heavy atom. The molecule has 0 spiro atoms. The number of fused-ring (bicyclic) bond motifs is 1. The van der Waals surface area contributed by atoms with Gasteiger partial charge in [0.15, 0.2) is 0 Å². The highest BCUT2D eigenvalue weighted by molar-refractivity contribution is 8.13. The Morgan fingerprint density at radius 1 is 1.16 bits per heavy atom. The number of nitrogens with zero attached hydrogens (tertiary/aromatic N) is 1. The fourth-order valence-corrected chi connectivity index (χ4v) is 4.23. The molecular formula is C23H21NO6S. The van der Waals surface area contributed by atoms with Gasteiger partial charge in [-0.25, -0.2) is 4.79 Å². The van der Waals surface area contributed by atoms with E-state index in [-0.39, 0.29) is 18.3 Å². The number of ether oxygens (including phenoxy) is 2. The first kappa shape index (κ1) is 21.0. The number of benzene rings is 2. The van der Waals surface area contributed by atoms with Gasteiger partial charge in [0.1, 0.15) is 22.7 Å². The van der Waals surface area contributed by atoms with Crippen LogP contribution in [-0.2, 0) is 9.53 Å². The van der Waals surface area contributed by atoms with Gasteiger partial charge in [0.05, 0.1) is 13.0 Å². The second-order valence-electron chi connectivity index (χ2n) is 6.88. The summed E-state index contributed by atoms with van der Waals surface area (Å²) < 4.78 is 16.6. The minimum absolute atomic E-state index is 0.0138. The average Bonchev–Trinajstić information content (AvgIpc) is 3.36. The van der Waals surface area contributed by atoms with Gasteiger partial charge in [-0.3, -0.25) is 9.59 Å². The van der Waals surface area contributed by atoms with Crippen molar-refractivity contribution in [1.29, 1.82) is 0 Å². The summed E-state index contributed by atoms with van der Waals surface area (Å²) in [6.07, 6.45) is 0.0930. The molecule has 0 saturated carbocycles. The maximum Gasteiger partial charge on any atom is 0.342 e. The van der Waals surface area contributed by atoms with Crippen molar-refractivity contribution < 1.29 is 28.3 Å². The van der Waals surface area contributed by atoms with Crippen molar-refractivity contribution in [2.75, 3.05) is 25.4 Å². The van der Waals surface area contributed by atoms with E-state index in [9.17, 15) is 14.4 Å². The minimum Gasteiger partial charge on any atom is -0.462 e. The van der Waals surface area contributed by atoms with Crippen LogP contribution < -0.4 is 4.74 Å². The second kappa shape index (κ2) is 9.26. The fourth-order valence-electron chi connectivity index (χ4n) is 3.38. The lowest BCUT2D eigenvalue weighted by atomic mass is 10.1. The number of carbonyl (C=O) groups is 3. The first-order valence-electron chi connectivity index (χ1n) is 9.98. The van der Waals surface area contributed by atoms with Crippen LogP contribution in [0.5, 0.6) is 5.75 Å². The third kappa shape index (κ3) is 4.59. The lowest BCUT2D eigenvalue weighted by Gasteiger charge is -2.13. The van der Waals surface area contributed by atoms with Crippen LogP contribution in [0.1, 0.15) is 23.7 Å². The van der Waals surface area contributed by atoms with E-state index in [1.807, 2.05) is 30.3 Å². The molecule has 1 aromatic heterocycles. The molecule has 0 N–H and O–H groups in total. The molecule has 2 heterocycles. The van der Waals surface area contributed by atoms with Crippen molar-refractivity contribution >= 4 is 39.9 Å². The van der Waals surface area contributed by atoms with Crippen molar-refractivity contribution in [2.24, 2.45) is 0 Å². The highest BCUT2D eigenvalue weighted by atomic mass is 32.2. The Morgan fingerprint density at radius 3 is 2.68 bits per heavy atom. The van der Waals surface area contributed by atoms with Gasteiger partial charge in [-0.1, -0.05) is 42.1 Å². The standard InChI is InChI=1S/C23H21NO6S/c1-2-28-22(26)20-17-14-16(29-19(25)10-11-24-12-13-31-23(24)27)8-9-18(17)30-21(20)15-6-4-3-5-7-15/h3-9,14H,2,10-13H2,1H3. The molecule has 31 heavy (non-hydrogen) atoms. The first-order valence-corrected chi connectivity index (χ1v) is 11.0. The SMILES string of the molecule is CCOC(=O)c1c(-c2ccccc2)oc2ccc(OC(=O)CCN3CCSC3=O)cc12. The molecule has 1 aliphatic rings. The van der Waals surface area contributed by atoms with Gasteiger partial charge in [0, 0.05) is 29.8 Å². The molecule has 0 unspecified atom stereocenters. The molecule has 1 saturated heterocycles. The molecule has 1 fully saturated rings. The Labute approximate surface area is 183 Å². The Balaban J connectivity index is 1.60. The third-order valence-electron chi connectivity index (χ3n) is 4.84. The van der Waals surface area contributed by atoms with Crippen LogP contribution in [0.25, 0.3) is 22.3 Å². The van der Waals surface area contributed by atoms with Crippen LogP contribution in [-0.4, -0.2) is 47.5 Å². The van der Waals surface area contributed by atoms with Crippen molar-refractivity contribution in [3.05, 3.63) is 54.1 Å². The highest BCUT2D eigenvalue weighted by Crippen LogP contribution is 2.36. The highest BCUT2D eigenvalue weighted by Gasteiger charge is 2.25. The van der Waals surface area contributed by atoms with E-state index in [1.165, 1.54) is 11.8 Å². The van der Waals surface area contributed by atoms with E-state index >= 15 is 0 Å². The van der Waals surface area contributed by atoms with E-state index in [0.29, 0.717) is 41.1 Å². The summed E-state index contributed by atoms with van der Waals surface area (Å²) in [5.41, 5.74) is 1.52. The fraction of sp³-hybridized carbons (Fsp3) is 0.261. The molecule has 8 heteroatoms. The summed E-state index contributed by atoms with van der Waals surface area (Å²) in [5.74, 6) is 0.487. The van der Waals surface area contributed by atoms with Crippen LogP contribution in [0.4, 0.5) is 4.79 Å². The topological polar surface area (TPSA) is 86.1 Å². The largest absolute Gasteiger partial charge is 0.462 e. The molecule has 1 aliphatic heterocycles. The molecule has 0 bridgehead atoms. The summed E-state index contributed by atoms with van der Waals surface area (Å²) in [4.78, 5) is 38.3. The number of rotatable bonds is 7. The Kier molecular flexibility index (Phi) is 6.27. The smallest absolute Gasteiger partial charge is 0.342 e. The van der Waals surface area contributed by atoms with Gasteiger partial charge in [-0.05, 0) is 25.1 Å². The van der Waals surface area contributed by atoms with Gasteiger partial charge in [0.25, 0.3) is 5.24 Å². The van der Waals surface area contributed by atoms with Gasteiger partial charge in [-0.15, -0.1) is 0 Å². The number of hydrogen-bond acceptors (Lipinski definition) is 7. The summed E-state index contributed by atoms with van der Waals surface area (Å²) >= 11 is 1.25. The zero-order chi connectivity index (χ0) is 21.8. The average molecular weight is 439 g/mol. The normalized spacial score (nSPS) is 13.6. The van der Waals surface area contributed by atoms with Crippen molar-refractivity contribution in [2.45, 2.75) is 13.3 Å². The molecule has 1 amide bonds. The molecule has 4 rings (SSSR count). The van der Waals surface area contributed by atoms with Crippen LogP contribution in [0.3, 0.4) is 0 Å². The predicted octanol–water partition coefficient (Wildman–Crippen LogP) is 4.74. The minimum atomic E-state index is -0.506. The number of furan rings is 1. The third-order valence-corrected chi connectivity index (χ3v) is 5.73. The molecule has 0 aliphatic carbocycles. The van der Waals surface area contributed by atoms with E-state index in [2.05, 4.69) is 0 Å². The Hall–Kier alpha value is -3.26. The molecule has 160 valence electrons. The van der Waals surface area contributed by atoms with E-state index in [4.69, 9.17) is 13.9 Å². The number of hydrogen-bond donors (Lipinski definition) is 0. The molecule has 0 atom stereocenters. The lowest BCUT2D eigenvalue weighted by molar-refractivity contribution is -0.134. The molecule has 3 aromatic rings. The summed E-state index contributed by atoms with van der Waals surface area (Å²) in [7, 11) is 0. The van der Waals surface area contributed by atoms with Crippen LogP contribution in [0.15, 0.2) is 52.9 Å². The molecular weight excluding hydrogens is 418 g/mol. The summed E-state index contributed by atoms with van der Waals surface area (Å²) in [6, 6.07) is 14.2. The molecule has 2 aromatic carbocycles. The predicted molar refractivity (Wildman–Crippen MR) is 117 cm³/mol. The zero-order valence-corrected chi connectivity index (χ0v) is 17.8. The van der Waals surface area contributed by atoms with Gasteiger partial charge in [0.2, 0.25) is 0 Å². The van der Waals surface area contributed by atoms with E-state index < -0.39 is 11.9 Å². The van der Waals surface area contributed by atoms with Crippen molar-refractivity contribution in [3.63, 3.8) is 0 Å². The number of carbonyl (C=O) groups excluding carboxylic acids is 3. The maximum absolute atomic E-state index is 12.7.